The summed E-state index contributed by atoms with van der Waals surface area (Å²) in [5.41, 5.74) is 3.21. The lowest BCUT2D eigenvalue weighted by Gasteiger charge is -2.28. The summed E-state index contributed by atoms with van der Waals surface area (Å²) in [5.74, 6) is -2.30. The molecule has 2 atom stereocenters. The Kier molecular flexibility index (Phi) is 3.89. The van der Waals surface area contributed by atoms with Crippen LogP contribution in [0.15, 0.2) is 24.3 Å². The number of carbonyl (C=O) groups is 1. The average Bonchev–Trinajstić information content (AvgIpc) is 3.26. The summed E-state index contributed by atoms with van der Waals surface area (Å²) in [6, 6.07) is 8.70. The van der Waals surface area contributed by atoms with Crippen LogP contribution in [0.3, 0.4) is 0 Å². The van der Waals surface area contributed by atoms with E-state index in [1.807, 2.05) is 0 Å². The van der Waals surface area contributed by atoms with Crippen molar-refractivity contribution in [2.75, 3.05) is 6.54 Å². The highest BCUT2D eigenvalue weighted by Crippen LogP contribution is 2.59. The Bertz CT molecular complexity index is 634. The van der Waals surface area contributed by atoms with E-state index in [1.165, 1.54) is 24.0 Å². The quantitative estimate of drug-likeness (QED) is 0.881. The Labute approximate surface area is 142 Å². The fourth-order valence-corrected chi connectivity index (χ4v) is 4.91. The van der Waals surface area contributed by atoms with Crippen molar-refractivity contribution in [2.45, 2.75) is 62.7 Å². The summed E-state index contributed by atoms with van der Waals surface area (Å²) in [6.45, 7) is 0.695. The van der Waals surface area contributed by atoms with E-state index in [-0.39, 0.29) is 30.1 Å². The van der Waals surface area contributed by atoms with Crippen LogP contribution in [0.25, 0.3) is 0 Å². The fourth-order valence-electron chi connectivity index (χ4n) is 4.91. The minimum atomic E-state index is -2.57. The van der Waals surface area contributed by atoms with E-state index in [2.05, 4.69) is 29.6 Å². The number of benzene rings is 1. The van der Waals surface area contributed by atoms with Crippen molar-refractivity contribution in [2.24, 2.45) is 11.8 Å². The molecule has 4 heteroatoms. The van der Waals surface area contributed by atoms with Gasteiger partial charge < -0.3 is 5.32 Å². The van der Waals surface area contributed by atoms with Gasteiger partial charge in [0.25, 0.3) is 0 Å². The van der Waals surface area contributed by atoms with Crippen LogP contribution in [0, 0.1) is 11.8 Å². The number of fused-ring (bicyclic) bond motifs is 2. The molecule has 3 aliphatic carbocycles. The highest BCUT2D eigenvalue weighted by molar-refractivity contribution is 5.78. The average molecular weight is 333 g/mol. The van der Waals surface area contributed by atoms with E-state index in [4.69, 9.17) is 0 Å². The maximum atomic E-state index is 13.2. The van der Waals surface area contributed by atoms with E-state index in [0.29, 0.717) is 25.3 Å². The molecular weight excluding hydrogens is 308 g/mol. The molecule has 1 aromatic carbocycles. The van der Waals surface area contributed by atoms with Crippen LogP contribution in [0.1, 0.15) is 56.1 Å². The normalized spacial score (nSPS) is 31.5. The molecule has 0 radical (unpaired) electrons. The van der Waals surface area contributed by atoms with Gasteiger partial charge >= 0.3 is 0 Å². The van der Waals surface area contributed by atoms with Gasteiger partial charge in [-0.25, -0.2) is 8.78 Å². The third-order valence-corrected chi connectivity index (χ3v) is 6.47. The lowest BCUT2D eigenvalue weighted by atomic mass is 9.78. The molecule has 2 nitrogen and oxygen atoms in total. The Balaban J connectivity index is 1.33. The van der Waals surface area contributed by atoms with Crippen molar-refractivity contribution in [1.82, 2.24) is 5.32 Å². The first-order valence-corrected chi connectivity index (χ1v) is 9.24. The molecule has 4 rings (SSSR count). The number of amides is 1. The summed E-state index contributed by atoms with van der Waals surface area (Å²) in [7, 11) is 0. The molecule has 1 spiro atoms. The van der Waals surface area contributed by atoms with E-state index in [0.717, 1.165) is 12.8 Å². The number of alkyl halides is 2. The minimum absolute atomic E-state index is 0.0170. The van der Waals surface area contributed by atoms with Crippen LogP contribution >= 0.6 is 0 Å². The van der Waals surface area contributed by atoms with Gasteiger partial charge in [-0.15, -0.1) is 0 Å². The number of rotatable bonds is 3. The number of hydrogen-bond acceptors (Lipinski definition) is 1. The van der Waals surface area contributed by atoms with Gasteiger partial charge in [-0.05, 0) is 55.6 Å². The van der Waals surface area contributed by atoms with Gasteiger partial charge in [0.1, 0.15) is 0 Å². The van der Waals surface area contributed by atoms with Crippen LogP contribution in [0.5, 0.6) is 0 Å². The Morgan fingerprint density at radius 3 is 2.71 bits per heavy atom. The predicted molar refractivity (Wildman–Crippen MR) is 89.1 cm³/mol. The molecule has 0 saturated heterocycles. The van der Waals surface area contributed by atoms with Crippen LogP contribution in [-0.2, 0) is 16.6 Å². The van der Waals surface area contributed by atoms with Gasteiger partial charge in [0.15, 0.2) is 0 Å². The molecule has 0 unspecified atom stereocenters. The van der Waals surface area contributed by atoms with Gasteiger partial charge in [-0.2, -0.15) is 0 Å². The van der Waals surface area contributed by atoms with Gasteiger partial charge in [-0.3, -0.25) is 4.79 Å². The molecule has 0 bridgehead atoms. The molecule has 24 heavy (non-hydrogen) atoms. The highest BCUT2D eigenvalue weighted by atomic mass is 19.3. The van der Waals surface area contributed by atoms with E-state index in [9.17, 15) is 13.6 Å². The molecule has 2 fully saturated rings. The lowest BCUT2D eigenvalue weighted by Crippen LogP contribution is -2.37. The molecule has 0 aliphatic heterocycles. The van der Waals surface area contributed by atoms with Gasteiger partial charge in [0.05, 0.1) is 0 Å². The Hall–Kier alpha value is -1.45. The first kappa shape index (κ1) is 16.0. The second kappa shape index (κ2) is 5.82. The second-order valence-electron chi connectivity index (χ2n) is 7.94. The number of aryl methyl sites for hydroxylation is 1. The SMILES string of the molecule is O=C(NC[C@@H]1C[C@@]12CCCc1ccccc12)C1CCC(F)(F)CC1. The van der Waals surface area contributed by atoms with Crippen molar-refractivity contribution >= 4 is 5.91 Å². The van der Waals surface area contributed by atoms with Gasteiger partial charge in [-0.1, -0.05) is 24.3 Å². The summed E-state index contributed by atoms with van der Waals surface area (Å²) in [4.78, 5) is 12.3. The third kappa shape index (κ3) is 2.84. The van der Waals surface area contributed by atoms with Crippen LogP contribution in [-0.4, -0.2) is 18.4 Å². The minimum Gasteiger partial charge on any atom is -0.356 e. The van der Waals surface area contributed by atoms with Crippen LogP contribution < -0.4 is 5.32 Å². The zero-order valence-corrected chi connectivity index (χ0v) is 14.0. The van der Waals surface area contributed by atoms with E-state index in [1.54, 1.807) is 0 Å². The Morgan fingerprint density at radius 2 is 1.92 bits per heavy atom. The molecule has 2 saturated carbocycles. The first-order valence-electron chi connectivity index (χ1n) is 9.24. The molecule has 3 aliphatic rings. The third-order valence-electron chi connectivity index (χ3n) is 6.47. The number of nitrogens with one attached hydrogen (secondary N) is 1. The van der Waals surface area contributed by atoms with Crippen molar-refractivity contribution < 1.29 is 13.6 Å². The molecule has 0 aromatic heterocycles. The van der Waals surface area contributed by atoms with Crippen molar-refractivity contribution in [1.29, 1.82) is 0 Å². The predicted octanol–water partition coefficient (Wildman–Crippen LogP) is 4.22. The molecular formula is C20H25F2NO. The van der Waals surface area contributed by atoms with Crippen LogP contribution in [0.2, 0.25) is 0 Å². The van der Waals surface area contributed by atoms with Gasteiger partial charge in [0, 0.05) is 30.7 Å². The number of halogens is 2. The van der Waals surface area contributed by atoms with Crippen molar-refractivity contribution in [3.05, 3.63) is 35.4 Å². The zero-order chi connectivity index (χ0) is 16.8. The number of carbonyl (C=O) groups excluding carboxylic acids is 1. The molecule has 0 heterocycles. The molecule has 130 valence electrons. The lowest BCUT2D eigenvalue weighted by molar-refractivity contribution is -0.129. The van der Waals surface area contributed by atoms with Crippen molar-refractivity contribution in [3.8, 4) is 0 Å². The molecule has 1 aromatic rings. The zero-order valence-electron chi connectivity index (χ0n) is 14.0. The number of hydrogen-bond donors (Lipinski definition) is 1. The van der Waals surface area contributed by atoms with Gasteiger partial charge in [0.2, 0.25) is 11.8 Å². The maximum Gasteiger partial charge on any atom is 0.248 e. The van der Waals surface area contributed by atoms with E-state index < -0.39 is 5.92 Å². The Morgan fingerprint density at radius 1 is 1.17 bits per heavy atom. The summed E-state index contributed by atoms with van der Waals surface area (Å²) in [6.07, 6.45) is 5.08. The smallest absolute Gasteiger partial charge is 0.248 e. The topological polar surface area (TPSA) is 29.1 Å². The van der Waals surface area contributed by atoms with E-state index >= 15 is 0 Å². The standard InChI is InChI=1S/C20H25F2NO/c21-20(22)10-7-15(8-11-20)18(24)23-13-16-12-19(16)9-3-5-14-4-1-2-6-17(14)19/h1-2,4,6,15-16H,3,5,7-13H2,(H,23,24)/t16-,19-/m0/s1. The fraction of sp³-hybridized carbons (Fsp3) is 0.650. The molecule has 1 amide bonds. The monoisotopic (exact) mass is 333 g/mol. The molecule has 1 N–H and O–H groups in total. The summed E-state index contributed by atoms with van der Waals surface area (Å²) < 4.78 is 26.4. The summed E-state index contributed by atoms with van der Waals surface area (Å²) in [5, 5.41) is 3.06. The second-order valence-corrected chi connectivity index (χ2v) is 7.94. The highest BCUT2D eigenvalue weighted by Gasteiger charge is 2.56. The van der Waals surface area contributed by atoms with Crippen LogP contribution in [0.4, 0.5) is 8.78 Å². The first-order chi connectivity index (χ1) is 11.5. The largest absolute Gasteiger partial charge is 0.356 e. The van der Waals surface area contributed by atoms with Crippen molar-refractivity contribution in [3.63, 3.8) is 0 Å². The maximum absolute atomic E-state index is 13.2. The summed E-state index contributed by atoms with van der Waals surface area (Å²) >= 11 is 0.